The largest absolute Gasteiger partial charge is 0.317 e. The molecule has 0 radical (unpaired) electrons. The molecule has 1 amide bonds. The van der Waals surface area contributed by atoms with Crippen LogP contribution in [0, 0.1) is 15.2 Å². The highest BCUT2D eigenvalue weighted by Gasteiger charge is 2.13. The molecule has 0 saturated heterocycles. The third-order valence-corrected chi connectivity index (χ3v) is 2.96. The fraction of sp³-hybridized carbons (Fsp3) is 0. The second kappa shape index (κ2) is 5.43. The summed E-state index contributed by atoms with van der Waals surface area (Å²) in [5, 5.41) is 2.23. The van der Waals surface area contributed by atoms with Crippen molar-refractivity contribution in [3.8, 4) is 0 Å². The van der Waals surface area contributed by atoms with Crippen molar-refractivity contribution in [1.29, 1.82) is 0 Å². The Balaban J connectivity index is 2.27. The van der Waals surface area contributed by atoms with Gasteiger partial charge in [-0.15, -0.1) is 0 Å². The Morgan fingerprint density at radius 3 is 2.28 bits per heavy atom. The molecule has 0 aliphatic heterocycles. The summed E-state index contributed by atoms with van der Waals surface area (Å²) in [7, 11) is 0. The second-order valence-corrected chi connectivity index (χ2v) is 4.81. The van der Waals surface area contributed by atoms with Crippen LogP contribution in [0.3, 0.4) is 0 Å². The van der Waals surface area contributed by atoms with E-state index in [9.17, 15) is 13.6 Å². The average molecular weight is 359 g/mol. The molecule has 0 bridgehead atoms. The molecule has 2 rings (SSSR count). The van der Waals surface area contributed by atoms with Gasteiger partial charge in [0.2, 0.25) is 0 Å². The number of halogens is 3. The van der Waals surface area contributed by atoms with E-state index in [-0.39, 0.29) is 0 Å². The van der Waals surface area contributed by atoms with E-state index in [0.717, 1.165) is 15.7 Å². The molecule has 0 atom stereocenters. The van der Waals surface area contributed by atoms with Gasteiger partial charge in [-0.1, -0.05) is 12.1 Å². The number of nitrogens with one attached hydrogen (secondary N) is 1. The van der Waals surface area contributed by atoms with E-state index in [2.05, 4.69) is 27.9 Å². The Bertz CT molecular complexity index is 581. The fourth-order valence-corrected chi connectivity index (χ4v) is 1.98. The summed E-state index contributed by atoms with van der Waals surface area (Å²) in [4.78, 5) is 11.8. The zero-order chi connectivity index (χ0) is 13.1. The van der Waals surface area contributed by atoms with Crippen LogP contribution in [0.5, 0.6) is 0 Å². The predicted molar refractivity (Wildman–Crippen MR) is 73.5 cm³/mol. The molecule has 1 N–H and O–H groups in total. The molecule has 2 aromatic carbocycles. The van der Waals surface area contributed by atoms with E-state index in [1.165, 1.54) is 6.07 Å². The zero-order valence-corrected chi connectivity index (χ0v) is 11.2. The van der Waals surface area contributed by atoms with Crippen LogP contribution in [0.1, 0.15) is 10.4 Å². The van der Waals surface area contributed by atoms with Crippen molar-refractivity contribution in [3.63, 3.8) is 0 Å². The van der Waals surface area contributed by atoms with Gasteiger partial charge in [-0.2, -0.15) is 0 Å². The molecule has 0 aromatic heterocycles. The van der Waals surface area contributed by atoms with Crippen LogP contribution in [0.25, 0.3) is 0 Å². The van der Waals surface area contributed by atoms with Gasteiger partial charge in [0.1, 0.15) is 17.3 Å². The lowest BCUT2D eigenvalue weighted by Gasteiger charge is -2.07. The summed E-state index contributed by atoms with van der Waals surface area (Å²) >= 11 is 2.06. The molecule has 2 aromatic rings. The molecule has 5 heteroatoms. The maximum absolute atomic E-state index is 13.3. The monoisotopic (exact) mass is 359 g/mol. The number of benzene rings is 2. The van der Waals surface area contributed by atoms with E-state index >= 15 is 0 Å². The van der Waals surface area contributed by atoms with Crippen LogP contribution in [-0.4, -0.2) is 5.91 Å². The highest BCUT2D eigenvalue weighted by atomic mass is 127. The Morgan fingerprint density at radius 2 is 1.67 bits per heavy atom. The Morgan fingerprint density at radius 1 is 1.06 bits per heavy atom. The lowest BCUT2D eigenvalue weighted by atomic mass is 10.2. The minimum atomic E-state index is -0.797. The van der Waals surface area contributed by atoms with Crippen LogP contribution in [0.2, 0.25) is 0 Å². The van der Waals surface area contributed by atoms with Crippen molar-refractivity contribution in [1.82, 2.24) is 0 Å². The van der Waals surface area contributed by atoms with Gasteiger partial charge in [0.25, 0.3) is 5.91 Å². The molecule has 18 heavy (non-hydrogen) atoms. The number of hydrogen-bond donors (Lipinski definition) is 1. The molecule has 0 spiro atoms. The molecule has 0 saturated carbocycles. The van der Waals surface area contributed by atoms with Crippen LogP contribution in [0.4, 0.5) is 14.5 Å². The molecule has 0 aliphatic rings. The number of rotatable bonds is 2. The molecule has 0 aliphatic carbocycles. The predicted octanol–water partition coefficient (Wildman–Crippen LogP) is 3.82. The first kappa shape index (κ1) is 12.9. The highest BCUT2D eigenvalue weighted by Crippen LogP contribution is 2.19. The van der Waals surface area contributed by atoms with E-state index < -0.39 is 23.2 Å². The highest BCUT2D eigenvalue weighted by molar-refractivity contribution is 14.1. The Hall–Kier alpha value is -1.50. The van der Waals surface area contributed by atoms with Gasteiger partial charge in [-0.3, -0.25) is 4.79 Å². The van der Waals surface area contributed by atoms with Gasteiger partial charge in [0.15, 0.2) is 0 Å². The van der Waals surface area contributed by atoms with Gasteiger partial charge in [0.05, 0.1) is 0 Å². The quantitative estimate of drug-likeness (QED) is 0.812. The van der Waals surface area contributed by atoms with Gasteiger partial charge < -0.3 is 5.32 Å². The minimum Gasteiger partial charge on any atom is -0.317 e. The first-order chi connectivity index (χ1) is 8.58. The maximum atomic E-state index is 13.3. The normalized spacial score (nSPS) is 10.2. The van der Waals surface area contributed by atoms with E-state index in [1.807, 2.05) is 6.07 Å². The van der Waals surface area contributed by atoms with Crippen molar-refractivity contribution < 1.29 is 13.6 Å². The number of para-hydroxylation sites is 1. The Kier molecular flexibility index (Phi) is 3.90. The van der Waals surface area contributed by atoms with Gasteiger partial charge >= 0.3 is 0 Å². The minimum absolute atomic E-state index is 0.351. The SMILES string of the molecule is O=C(Nc1c(F)cccc1F)c1cccc(I)c1. The van der Waals surface area contributed by atoms with Crippen molar-refractivity contribution in [2.75, 3.05) is 5.32 Å². The van der Waals surface area contributed by atoms with E-state index in [1.54, 1.807) is 18.2 Å². The third kappa shape index (κ3) is 2.84. The van der Waals surface area contributed by atoms with Crippen LogP contribution in [-0.2, 0) is 0 Å². The van der Waals surface area contributed by atoms with Gasteiger partial charge in [0, 0.05) is 9.13 Å². The summed E-state index contributed by atoms with van der Waals surface area (Å²) < 4.78 is 27.6. The van der Waals surface area contributed by atoms with Crippen LogP contribution < -0.4 is 5.32 Å². The molecular formula is C13H8F2INO. The lowest BCUT2D eigenvalue weighted by Crippen LogP contribution is -2.14. The smallest absolute Gasteiger partial charge is 0.255 e. The lowest BCUT2D eigenvalue weighted by molar-refractivity contribution is 0.102. The van der Waals surface area contributed by atoms with Gasteiger partial charge in [-0.05, 0) is 52.9 Å². The summed E-state index contributed by atoms with van der Waals surface area (Å²) in [6.45, 7) is 0. The van der Waals surface area contributed by atoms with Crippen molar-refractivity contribution >= 4 is 34.2 Å². The fourth-order valence-electron chi connectivity index (χ4n) is 1.43. The zero-order valence-electron chi connectivity index (χ0n) is 9.08. The van der Waals surface area contributed by atoms with E-state index in [4.69, 9.17) is 0 Å². The Labute approximate surface area is 116 Å². The number of anilines is 1. The maximum Gasteiger partial charge on any atom is 0.255 e. The number of carbonyl (C=O) groups excluding carboxylic acids is 1. The topological polar surface area (TPSA) is 29.1 Å². The molecule has 0 fully saturated rings. The second-order valence-electron chi connectivity index (χ2n) is 3.56. The number of amides is 1. The van der Waals surface area contributed by atoms with Crippen molar-refractivity contribution in [2.45, 2.75) is 0 Å². The molecule has 92 valence electrons. The molecule has 2 nitrogen and oxygen atoms in total. The third-order valence-electron chi connectivity index (χ3n) is 2.29. The van der Waals surface area contributed by atoms with Gasteiger partial charge in [-0.25, -0.2) is 8.78 Å². The van der Waals surface area contributed by atoms with Crippen molar-refractivity contribution in [2.24, 2.45) is 0 Å². The first-order valence-electron chi connectivity index (χ1n) is 5.09. The van der Waals surface area contributed by atoms with Crippen LogP contribution >= 0.6 is 22.6 Å². The van der Waals surface area contributed by atoms with E-state index in [0.29, 0.717) is 5.56 Å². The molecule has 0 unspecified atom stereocenters. The number of hydrogen-bond acceptors (Lipinski definition) is 1. The summed E-state index contributed by atoms with van der Waals surface area (Å²) in [6, 6.07) is 10.2. The summed E-state index contributed by atoms with van der Waals surface area (Å²) in [5.41, 5.74) is -0.0779. The van der Waals surface area contributed by atoms with Crippen LogP contribution in [0.15, 0.2) is 42.5 Å². The molecular weight excluding hydrogens is 351 g/mol. The van der Waals surface area contributed by atoms with Crippen molar-refractivity contribution in [3.05, 3.63) is 63.2 Å². The summed E-state index contributed by atoms with van der Waals surface area (Å²) in [6.07, 6.45) is 0. The average Bonchev–Trinajstić information content (AvgIpc) is 2.34. The molecule has 0 heterocycles. The standard InChI is InChI=1S/C13H8F2INO/c14-10-5-2-6-11(15)12(10)17-13(18)8-3-1-4-9(16)7-8/h1-7H,(H,17,18). The first-order valence-corrected chi connectivity index (χ1v) is 6.17. The number of carbonyl (C=O) groups is 1. The summed E-state index contributed by atoms with van der Waals surface area (Å²) in [5.74, 6) is -2.14.